The lowest BCUT2D eigenvalue weighted by Gasteiger charge is -2.15. The van der Waals surface area contributed by atoms with Crippen LogP contribution >= 0.6 is 24.0 Å². The van der Waals surface area contributed by atoms with E-state index in [0.717, 1.165) is 16.9 Å². The standard InChI is InChI=1S/C20H28N4O3S.HI/c1-5-27-19-9-7-6-8-17(19)15-23-20(21-2)22-14-16-10-12-18(13-11-16)28(25,26)24(3)4;/h6-13H,5,14-15H2,1-4H3,(H2,21,22,23);1H. The van der Waals surface area contributed by atoms with Crippen LogP contribution in [0.25, 0.3) is 0 Å². The molecule has 2 rings (SSSR count). The maximum Gasteiger partial charge on any atom is 0.242 e. The molecule has 0 saturated heterocycles. The highest BCUT2D eigenvalue weighted by molar-refractivity contribution is 14.0. The van der Waals surface area contributed by atoms with Crippen molar-refractivity contribution in [1.29, 1.82) is 0 Å². The summed E-state index contributed by atoms with van der Waals surface area (Å²) in [5.74, 6) is 1.50. The lowest BCUT2D eigenvalue weighted by atomic mass is 10.2. The topological polar surface area (TPSA) is 83.0 Å². The molecule has 7 nitrogen and oxygen atoms in total. The Morgan fingerprint density at radius 3 is 2.24 bits per heavy atom. The molecule has 0 aliphatic carbocycles. The normalized spacial score (nSPS) is 11.7. The summed E-state index contributed by atoms with van der Waals surface area (Å²) < 4.78 is 31.1. The maximum absolute atomic E-state index is 12.1. The van der Waals surface area contributed by atoms with Crippen molar-refractivity contribution in [2.75, 3.05) is 27.7 Å². The Bertz CT molecular complexity index is 900. The summed E-state index contributed by atoms with van der Waals surface area (Å²) in [7, 11) is 1.33. The molecule has 0 aliphatic rings. The quantitative estimate of drug-likeness (QED) is 0.311. The zero-order valence-corrected chi connectivity index (χ0v) is 20.3. The smallest absolute Gasteiger partial charge is 0.242 e. The van der Waals surface area contributed by atoms with Crippen LogP contribution in [0.2, 0.25) is 0 Å². The van der Waals surface area contributed by atoms with Crippen molar-refractivity contribution in [1.82, 2.24) is 14.9 Å². The number of nitrogens with one attached hydrogen (secondary N) is 2. The van der Waals surface area contributed by atoms with Gasteiger partial charge in [0, 0.05) is 39.8 Å². The molecular weight excluding hydrogens is 503 g/mol. The highest BCUT2D eigenvalue weighted by Crippen LogP contribution is 2.17. The van der Waals surface area contributed by atoms with Gasteiger partial charge in [-0.2, -0.15) is 0 Å². The minimum atomic E-state index is -3.41. The summed E-state index contributed by atoms with van der Waals surface area (Å²) >= 11 is 0. The summed E-state index contributed by atoms with van der Waals surface area (Å²) in [5, 5.41) is 6.49. The van der Waals surface area contributed by atoms with Gasteiger partial charge in [0.2, 0.25) is 10.0 Å². The number of para-hydroxylation sites is 1. The minimum absolute atomic E-state index is 0. The molecule has 0 spiro atoms. The summed E-state index contributed by atoms with van der Waals surface area (Å²) in [5.41, 5.74) is 2.00. The number of aliphatic imine (C=N–C) groups is 1. The molecule has 0 aliphatic heterocycles. The molecule has 9 heteroatoms. The van der Waals surface area contributed by atoms with Crippen LogP contribution in [0.3, 0.4) is 0 Å². The van der Waals surface area contributed by atoms with Crippen LogP contribution < -0.4 is 15.4 Å². The van der Waals surface area contributed by atoms with E-state index in [2.05, 4.69) is 15.6 Å². The Labute approximate surface area is 190 Å². The number of nitrogens with zero attached hydrogens (tertiary/aromatic N) is 2. The summed E-state index contributed by atoms with van der Waals surface area (Å²) in [4.78, 5) is 4.50. The molecule has 2 aromatic carbocycles. The van der Waals surface area contributed by atoms with Gasteiger partial charge in [0.05, 0.1) is 11.5 Å². The summed E-state index contributed by atoms with van der Waals surface area (Å²) in [6.45, 7) is 3.67. The van der Waals surface area contributed by atoms with Crippen molar-refractivity contribution >= 4 is 40.0 Å². The van der Waals surface area contributed by atoms with Gasteiger partial charge in [-0.05, 0) is 30.7 Å². The molecule has 2 N–H and O–H groups in total. The SMILES string of the molecule is CCOc1ccccc1CNC(=NC)NCc1ccc(S(=O)(=O)N(C)C)cc1.I. The van der Waals surface area contributed by atoms with E-state index in [1.54, 1.807) is 31.3 Å². The van der Waals surface area contributed by atoms with E-state index in [-0.39, 0.29) is 28.9 Å². The van der Waals surface area contributed by atoms with Gasteiger partial charge in [0.15, 0.2) is 5.96 Å². The van der Waals surface area contributed by atoms with E-state index in [0.29, 0.717) is 25.7 Å². The fraction of sp³-hybridized carbons (Fsp3) is 0.350. The average molecular weight is 532 g/mol. The first kappa shape index (κ1) is 25.2. The van der Waals surface area contributed by atoms with E-state index in [1.165, 1.54) is 18.4 Å². The van der Waals surface area contributed by atoms with Gasteiger partial charge in [0.25, 0.3) is 0 Å². The monoisotopic (exact) mass is 532 g/mol. The molecular formula is C20H29IN4O3S. The van der Waals surface area contributed by atoms with E-state index in [1.807, 2.05) is 31.2 Å². The number of hydrogen-bond acceptors (Lipinski definition) is 4. The second-order valence-corrected chi connectivity index (χ2v) is 8.40. The fourth-order valence-corrected chi connectivity index (χ4v) is 3.42. The van der Waals surface area contributed by atoms with Crippen molar-refractivity contribution in [2.45, 2.75) is 24.9 Å². The van der Waals surface area contributed by atoms with Crippen LogP contribution in [0.4, 0.5) is 0 Å². The Balaban J connectivity index is 0.00000420. The third-order valence-electron chi connectivity index (χ3n) is 4.10. The molecule has 0 bridgehead atoms. The summed E-state index contributed by atoms with van der Waals surface area (Å²) in [6, 6.07) is 14.7. The number of ether oxygens (including phenoxy) is 1. The van der Waals surface area contributed by atoms with Crippen LogP contribution in [0, 0.1) is 0 Å². The van der Waals surface area contributed by atoms with E-state index >= 15 is 0 Å². The Kier molecular flexibility index (Phi) is 10.4. The van der Waals surface area contributed by atoms with Crippen molar-refractivity contribution in [2.24, 2.45) is 4.99 Å². The van der Waals surface area contributed by atoms with Crippen molar-refractivity contribution in [3.63, 3.8) is 0 Å². The highest BCUT2D eigenvalue weighted by atomic mass is 127. The van der Waals surface area contributed by atoms with Crippen LogP contribution in [0.1, 0.15) is 18.1 Å². The molecule has 29 heavy (non-hydrogen) atoms. The van der Waals surface area contributed by atoms with Crippen LogP contribution in [-0.2, 0) is 23.1 Å². The van der Waals surface area contributed by atoms with Crippen molar-refractivity contribution < 1.29 is 13.2 Å². The number of halogens is 1. The highest BCUT2D eigenvalue weighted by Gasteiger charge is 2.16. The van der Waals surface area contributed by atoms with Crippen molar-refractivity contribution in [3.8, 4) is 5.75 Å². The van der Waals surface area contributed by atoms with Gasteiger partial charge in [-0.25, -0.2) is 12.7 Å². The largest absolute Gasteiger partial charge is 0.494 e. The molecule has 0 amide bonds. The van der Waals surface area contributed by atoms with Crippen LogP contribution in [0.5, 0.6) is 5.75 Å². The Morgan fingerprint density at radius 2 is 1.66 bits per heavy atom. The third-order valence-corrected chi connectivity index (χ3v) is 5.93. The Hall–Kier alpha value is -1.85. The minimum Gasteiger partial charge on any atom is -0.494 e. The van der Waals surface area contributed by atoms with Gasteiger partial charge in [-0.1, -0.05) is 30.3 Å². The number of rotatable bonds is 8. The maximum atomic E-state index is 12.1. The van der Waals surface area contributed by atoms with Crippen molar-refractivity contribution in [3.05, 3.63) is 59.7 Å². The molecule has 160 valence electrons. The first-order chi connectivity index (χ1) is 13.4. The number of sulfonamides is 1. The zero-order valence-electron chi connectivity index (χ0n) is 17.2. The van der Waals surface area contributed by atoms with E-state index in [9.17, 15) is 8.42 Å². The Morgan fingerprint density at radius 1 is 1.03 bits per heavy atom. The first-order valence-corrected chi connectivity index (χ1v) is 10.5. The lowest BCUT2D eigenvalue weighted by Crippen LogP contribution is -2.36. The second kappa shape index (κ2) is 12.0. The lowest BCUT2D eigenvalue weighted by molar-refractivity contribution is 0.336. The molecule has 0 atom stereocenters. The van der Waals surface area contributed by atoms with Crippen LogP contribution in [0.15, 0.2) is 58.4 Å². The molecule has 2 aromatic rings. The van der Waals surface area contributed by atoms with Crippen LogP contribution in [-0.4, -0.2) is 46.4 Å². The van der Waals surface area contributed by atoms with Gasteiger partial charge < -0.3 is 15.4 Å². The number of guanidine groups is 1. The zero-order chi connectivity index (χ0) is 20.6. The number of hydrogen-bond donors (Lipinski definition) is 2. The van der Waals surface area contributed by atoms with Gasteiger partial charge in [-0.3, -0.25) is 4.99 Å². The fourth-order valence-electron chi connectivity index (χ4n) is 2.52. The number of benzene rings is 2. The van der Waals surface area contributed by atoms with Gasteiger partial charge in [-0.15, -0.1) is 24.0 Å². The first-order valence-electron chi connectivity index (χ1n) is 9.05. The molecule has 0 fully saturated rings. The molecule has 0 radical (unpaired) electrons. The molecule has 0 aromatic heterocycles. The third kappa shape index (κ3) is 7.16. The average Bonchev–Trinajstić information content (AvgIpc) is 2.69. The predicted molar refractivity (Wildman–Crippen MR) is 127 cm³/mol. The van der Waals surface area contributed by atoms with Gasteiger partial charge >= 0.3 is 0 Å². The second-order valence-electron chi connectivity index (χ2n) is 6.25. The molecule has 0 saturated carbocycles. The van der Waals surface area contributed by atoms with E-state index < -0.39 is 10.0 Å². The van der Waals surface area contributed by atoms with Gasteiger partial charge in [0.1, 0.15) is 5.75 Å². The summed E-state index contributed by atoms with van der Waals surface area (Å²) in [6.07, 6.45) is 0. The molecule has 0 unspecified atom stereocenters. The molecule has 0 heterocycles. The van der Waals surface area contributed by atoms with E-state index in [4.69, 9.17) is 4.74 Å². The predicted octanol–water partition coefficient (Wildman–Crippen LogP) is 2.82.